The Morgan fingerprint density at radius 2 is 1.71 bits per heavy atom. The summed E-state index contributed by atoms with van der Waals surface area (Å²) in [5.41, 5.74) is 8.79. The van der Waals surface area contributed by atoms with Gasteiger partial charge in [-0.25, -0.2) is 0 Å². The van der Waals surface area contributed by atoms with Crippen molar-refractivity contribution in [2.75, 3.05) is 51.0 Å². The third-order valence-electron chi connectivity index (χ3n) is 4.46. The first kappa shape index (κ1) is 16.3. The average Bonchev–Trinajstić information content (AvgIpc) is 2.62. The summed E-state index contributed by atoms with van der Waals surface area (Å²) in [6.45, 7) is 3.79. The SMILES string of the molecule is COc1ccc(C(=O)c2cc(N)ccc2N2CCN(C)CC2)cc1. The van der Waals surface area contributed by atoms with Crippen LogP contribution < -0.4 is 15.4 Å². The Balaban J connectivity index is 1.93. The molecule has 2 aromatic carbocycles. The normalized spacial score (nSPS) is 15.3. The van der Waals surface area contributed by atoms with Crippen molar-refractivity contribution < 1.29 is 9.53 Å². The van der Waals surface area contributed by atoms with Crippen molar-refractivity contribution in [3.05, 3.63) is 53.6 Å². The molecule has 2 aromatic rings. The number of nitrogen functional groups attached to an aromatic ring is 1. The quantitative estimate of drug-likeness (QED) is 0.690. The number of piperazine rings is 1. The largest absolute Gasteiger partial charge is 0.497 e. The van der Waals surface area contributed by atoms with E-state index < -0.39 is 0 Å². The standard InChI is InChI=1S/C19H23N3O2/c1-21-9-11-22(12-10-21)18-8-5-15(20)13-17(18)19(23)14-3-6-16(24-2)7-4-14/h3-8,13H,9-12,20H2,1-2H3. The molecule has 0 unspecified atom stereocenters. The van der Waals surface area contributed by atoms with Crippen LogP contribution in [0.5, 0.6) is 5.75 Å². The predicted molar refractivity (Wildman–Crippen MR) is 97.0 cm³/mol. The van der Waals surface area contributed by atoms with Crippen molar-refractivity contribution in [3.8, 4) is 5.75 Å². The van der Waals surface area contributed by atoms with Gasteiger partial charge in [-0.1, -0.05) is 0 Å². The zero-order valence-corrected chi connectivity index (χ0v) is 14.2. The second-order valence-corrected chi connectivity index (χ2v) is 6.12. The third-order valence-corrected chi connectivity index (χ3v) is 4.46. The molecule has 0 aromatic heterocycles. The van der Waals surface area contributed by atoms with E-state index in [-0.39, 0.29) is 5.78 Å². The van der Waals surface area contributed by atoms with E-state index in [1.807, 2.05) is 12.1 Å². The van der Waals surface area contributed by atoms with E-state index >= 15 is 0 Å². The number of ether oxygens (including phenoxy) is 1. The number of likely N-dealkylation sites (N-methyl/N-ethyl adjacent to an activating group) is 1. The van der Waals surface area contributed by atoms with Gasteiger partial charge in [0, 0.05) is 48.7 Å². The highest BCUT2D eigenvalue weighted by atomic mass is 16.5. The Kier molecular flexibility index (Phi) is 4.71. The van der Waals surface area contributed by atoms with Crippen LogP contribution in [0.3, 0.4) is 0 Å². The molecule has 0 bridgehead atoms. The smallest absolute Gasteiger partial charge is 0.195 e. The number of nitrogens with two attached hydrogens (primary N) is 1. The third kappa shape index (κ3) is 3.36. The van der Waals surface area contributed by atoms with Crippen molar-refractivity contribution in [3.63, 3.8) is 0 Å². The number of carbonyl (C=O) groups is 1. The molecule has 2 N–H and O–H groups in total. The van der Waals surface area contributed by atoms with Crippen LogP contribution in [0.2, 0.25) is 0 Å². The van der Waals surface area contributed by atoms with Crippen LogP contribution in [0.1, 0.15) is 15.9 Å². The lowest BCUT2D eigenvalue weighted by atomic mass is 10.00. The molecule has 1 saturated heterocycles. The van der Waals surface area contributed by atoms with Gasteiger partial charge in [-0.15, -0.1) is 0 Å². The van der Waals surface area contributed by atoms with Gasteiger partial charge in [0.15, 0.2) is 5.78 Å². The second kappa shape index (κ2) is 6.93. The minimum absolute atomic E-state index is 0.0149. The predicted octanol–water partition coefficient (Wildman–Crippen LogP) is 2.26. The van der Waals surface area contributed by atoms with Crippen LogP contribution in [0.15, 0.2) is 42.5 Å². The molecule has 5 nitrogen and oxygen atoms in total. The van der Waals surface area contributed by atoms with E-state index in [4.69, 9.17) is 10.5 Å². The molecule has 1 fully saturated rings. The monoisotopic (exact) mass is 325 g/mol. The number of methoxy groups -OCH3 is 1. The molecule has 0 saturated carbocycles. The zero-order valence-electron chi connectivity index (χ0n) is 14.2. The molecule has 0 atom stereocenters. The van der Waals surface area contributed by atoms with Crippen LogP contribution in [0.4, 0.5) is 11.4 Å². The van der Waals surface area contributed by atoms with E-state index in [1.165, 1.54) is 0 Å². The number of carbonyl (C=O) groups excluding carboxylic acids is 1. The Bertz CT molecular complexity index is 720. The van der Waals surface area contributed by atoms with Gasteiger partial charge < -0.3 is 20.3 Å². The van der Waals surface area contributed by atoms with Gasteiger partial charge in [-0.2, -0.15) is 0 Å². The van der Waals surface area contributed by atoms with E-state index in [9.17, 15) is 4.79 Å². The van der Waals surface area contributed by atoms with Crippen molar-refractivity contribution in [2.45, 2.75) is 0 Å². The lowest BCUT2D eigenvalue weighted by Gasteiger charge is -2.35. The fourth-order valence-electron chi connectivity index (χ4n) is 2.96. The van der Waals surface area contributed by atoms with Gasteiger partial charge in [0.05, 0.1) is 7.11 Å². The summed E-state index contributed by atoms with van der Waals surface area (Å²) >= 11 is 0. The molecule has 0 spiro atoms. The van der Waals surface area contributed by atoms with Gasteiger partial charge in [0.1, 0.15) is 5.75 Å². The molecule has 1 aliphatic rings. The number of hydrogen-bond donors (Lipinski definition) is 1. The van der Waals surface area contributed by atoms with Crippen LogP contribution in [0.25, 0.3) is 0 Å². The average molecular weight is 325 g/mol. The summed E-state index contributed by atoms with van der Waals surface area (Å²) in [4.78, 5) is 17.5. The first-order valence-electron chi connectivity index (χ1n) is 8.10. The Morgan fingerprint density at radius 3 is 2.33 bits per heavy atom. The molecule has 0 amide bonds. The highest BCUT2D eigenvalue weighted by Crippen LogP contribution is 2.27. The molecule has 1 aliphatic heterocycles. The van der Waals surface area contributed by atoms with Gasteiger partial charge in [0.2, 0.25) is 0 Å². The summed E-state index contributed by atoms with van der Waals surface area (Å²) in [5.74, 6) is 0.720. The van der Waals surface area contributed by atoms with E-state index in [0.717, 1.165) is 37.6 Å². The lowest BCUT2D eigenvalue weighted by Crippen LogP contribution is -2.45. The van der Waals surface area contributed by atoms with Crippen LogP contribution in [-0.2, 0) is 0 Å². The van der Waals surface area contributed by atoms with Crippen molar-refractivity contribution in [1.29, 1.82) is 0 Å². The minimum Gasteiger partial charge on any atom is -0.497 e. The zero-order chi connectivity index (χ0) is 17.1. The number of hydrogen-bond acceptors (Lipinski definition) is 5. The van der Waals surface area contributed by atoms with E-state index in [1.54, 1.807) is 37.4 Å². The van der Waals surface area contributed by atoms with E-state index in [2.05, 4.69) is 16.8 Å². The summed E-state index contributed by atoms with van der Waals surface area (Å²) in [7, 11) is 3.73. The topological polar surface area (TPSA) is 58.8 Å². The van der Waals surface area contributed by atoms with Crippen molar-refractivity contribution >= 4 is 17.2 Å². The molecule has 1 heterocycles. The summed E-state index contributed by atoms with van der Waals surface area (Å²) in [6.07, 6.45) is 0. The van der Waals surface area contributed by atoms with E-state index in [0.29, 0.717) is 16.8 Å². The molecule has 0 radical (unpaired) electrons. The number of anilines is 2. The number of nitrogens with zero attached hydrogens (tertiary/aromatic N) is 2. The first-order chi connectivity index (χ1) is 11.6. The lowest BCUT2D eigenvalue weighted by molar-refractivity contribution is 0.103. The molecule has 5 heteroatoms. The van der Waals surface area contributed by atoms with Crippen molar-refractivity contribution in [2.24, 2.45) is 0 Å². The highest BCUT2D eigenvalue weighted by molar-refractivity contribution is 6.13. The number of ketones is 1. The summed E-state index contributed by atoms with van der Waals surface area (Å²) in [6, 6.07) is 12.8. The molecular formula is C19H23N3O2. The Labute approximate surface area is 142 Å². The van der Waals surface area contributed by atoms with Crippen LogP contribution >= 0.6 is 0 Å². The Hall–Kier alpha value is -2.53. The molecule has 3 rings (SSSR count). The van der Waals surface area contributed by atoms with Crippen LogP contribution in [-0.4, -0.2) is 51.0 Å². The number of benzene rings is 2. The maximum Gasteiger partial charge on any atom is 0.195 e. The molecule has 126 valence electrons. The fourth-order valence-corrected chi connectivity index (χ4v) is 2.96. The molecular weight excluding hydrogens is 302 g/mol. The maximum absolute atomic E-state index is 13.0. The van der Waals surface area contributed by atoms with Gasteiger partial charge >= 0.3 is 0 Å². The summed E-state index contributed by atoms with van der Waals surface area (Å²) < 4.78 is 5.16. The van der Waals surface area contributed by atoms with Gasteiger partial charge in [-0.05, 0) is 49.5 Å². The molecule has 0 aliphatic carbocycles. The minimum atomic E-state index is -0.0149. The van der Waals surface area contributed by atoms with Gasteiger partial charge in [-0.3, -0.25) is 4.79 Å². The maximum atomic E-state index is 13.0. The van der Waals surface area contributed by atoms with Gasteiger partial charge in [0.25, 0.3) is 0 Å². The molecule has 24 heavy (non-hydrogen) atoms. The fraction of sp³-hybridized carbons (Fsp3) is 0.316. The summed E-state index contributed by atoms with van der Waals surface area (Å²) in [5, 5.41) is 0. The van der Waals surface area contributed by atoms with Crippen LogP contribution in [0, 0.1) is 0 Å². The first-order valence-corrected chi connectivity index (χ1v) is 8.10. The second-order valence-electron chi connectivity index (χ2n) is 6.12. The highest BCUT2D eigenvalue weighted by Gasteiger charge is 2.21. The number of rotatable bonds is 4. The Morgan fingerprint density at radius 1 is 1.04 bits per heavy atom. The van der Waals surface area contributed by atoms with Crippen molar-refractivity contribution in [1.82, 2.24) is 4.90 Å².